The molecule has 0 amide bonds. The Labute approximate surface area is 147 Å². The van der Waals surface area contributed by atoms with Crippen LogP contribution < -0.4 is 0 Å². The molecule has 0 radical (unpaired) electrons. The van der Waals surface area contributed by atoms with Gasteiger partial charge in [0, 0.05) is 13.1 Å². The lowest BCUT2D eigenvalue weighted by atomic mass is 10.2. The van der Waals surface area contributed by atoms with Crippen molar-refractivity contribution in [3.63, 3.8) is 0 Å². The zero-order valence-electron chi connectivity index (χ0n) is 13.4. The van der Waals surface area contributed by atoms with Crippen LogP contribution in [-0.2, 0) is 26.3 Å². The van der Waals surface area contributed by atoms with Crippen molar-refractivity contribution in [1.29, 1.82) is 0 Å². The van der Waals surface area contributed by atoms with Crippen molar-refractivity contribution >= 4 is 19.9 Å². The highest BCUT2D eigenvalue weighted by molar-refractivity contribution is 7.92. The van der Waals surface area contributed by atoms with Crippen LogP contribution in [0.3, 0.4) is 0 Å². The summed E-state index contributed by atoms with van der Waals surface area (Å²) in [6, 6.07) is 13.8. The molecule has 134 valence electrons. The number of aryl methyl sites for hydroxylation is 1. The number of sulfonamides is 1. The van der Waals surface area contributed by atoms with Gasteiger partial charge in [0.25, 0.3) is 0 Å². The summed E-state index contributed by atoms with van der Waals surface area (Å²) in [6.07, 6.45) is 0.384. The van der Waals surface area contributed by atoms with Crippen LogP contribution in [0.4, 0.5) is 4.39 Å². The highest BCUT2D eigenvalue weighted by atomic mass is 32.2. The summed E-state index contributed by atoms with van der Waals surface area (Å²) in [6.45, 7) is -0.117. The highest BCUT2D eigenvalue weighted by Crippen LogP contribution is 2.26. The zero-order chi connectivity index (χ0) is 18.1. The monoisotopic (exact) mass is 383 g/mol. The number of sulfone groups is 1. The van der Waals surface area contributed by atoms with Gasteiger partial charge in [0.1, 0.15) is 5.82 Å². The van der Waals surface area contributed by atoms with Gasteiger partial charge in [-0.15, -0.1) is 0 Å². The van der Waals surface area contributed by atoms with Crippen molar-refractivity contribution in [2.24, 2.45) is 0 Å². The fourth-order valence-corrected chi connectivity index (χ4v) is 6.07. The van der Waals surface area contributed by atoms with E-state index in [0.29, 0.717) is 6.42 Å². The summed E-state index contributed by atoms with van der Waals surface area (Å²) in [4.78, 5) is 0.0141. The van der Waals surface area contributed by atoms with Crippen LogP contribution in [-0.4, -0.2) is 45.2 Å². The Morgan fingerprint density at radius 2 is 1.52 bits per heavy atom. The van der Waals surface area contributed by atoms with Gasteiger partial charge in [0.05, 0.1) is 15.9 Å². The molecule has 2 aromatic rings. The summed E-state index contributed by atoms with van der Waals surface area (Å²) >= 11 is 0. The molecule has 0 saturated carbocycles. The molecule has 0 unspecified atom stereocenters. The fraction of sp³-hybridized carbons (Fsp3) is 0.294. The molecule has 0 N–H and O–H groups in total. The minimum absolute atomic E-state index is 0.0141. The smallest absolute Gasteiger partial charge is 0.214 e. The highest BCUT2D eigenvalue weighted by Gasteiger charge is 2.43. The van der Waals surface area contributed by atoms with Gasteiger partial charge in [0.15, 0.2) is 9.84 Å². The number of halogens is 1. The lowest BCUT2D eigenvalue weighted by Crippen LogP contribution is -2.57. The van der Waals surface area contributed by atoms with Gasteiger partial charge in [-0.2, -0.15) is 4.31 Å². The third-order valence-electron chi connectivity index (χ3n) is 4.28. The van der Waals surface area contributed by atoms with E-state index >= 15 is 0 Å². The average molecular weight is 383 g/mol. The fourth-order valence-electron chi connectivity index (χ4n) is 2.66. The number of nitrogens with zero attached hydrogens (tertiary/aromatic N) is 1. The van der Waals surface area contributed by atoms with Crippen LogP contribution in [0.5, 0.6) is 0 Å². The summed E-state index contributed by atoms with van der Waals surface area (Å²) in [5, 5.41) is -0.788. The largest absolute Gasteiger partial charge is 0.223 e. The Hall–Kier alpha value is -1.77. The minimum atomic E-state index is -3.65. The van der Waals surface area contributed by atoms with Crippen molar-refractivity contribution < 1.29 is 21.2 Å². The van der Waals surface area contributed by atoms with Gasteiger partial charge in [-0.3, -0.25) is 0 Å². The third kappa shape index (κ3) is 3.91. The van der Waals surface area contributed by atoms with Crippen LogP contribution in [0, 0.1) is 5.82 Å². The number of rotatable bonds is 6. The molecule has 3 rings (SSSR count). The Morgan fingerprint density at radius 3 is 2.12 bits per heavy atom. The molecule has 1 fully saturated rings. The van der Waals surface area contributed by atoms with Crippen molar-refractivity contribution in [2.45, 2.75) is 16.6 Å². The molecule has 0 bridgehead atoms. The second-order valence-electron chi connectivity index (χ2n) is 5.99. The van der Waals surface area contributed by atoms with E-state index in [1.165, 1.54) is 16.4 Å². The van der Waals surface area contributed by atoms with Crippen LogP contribution in [0.2, 0.25) is 0 Å². The summed E-state index contributed by atoms with van der Waals surface area (Å²) in [5.41, 5.74) is 0.919. The summed E-state index contributed by atoms with van der Waals surface area (Å²) < 4.78 is 63.6. The van der Waals surface area contributed by atoms with Crippen molar-refractivity contribution in [3.8, 4) is 0 Å². The van der Waals surface area contributed by atoms with E-state index < -0.39 is 30.9 Å². The third-order valence-corrected chi connectivity index (χ3v) is 8.19. The molecule has 0 spiro atoms. The lowest BCUT2D eigenvalue weighted by molar-refractivity contribution is 0.309. The average Bonchev–Trinajstić information content (AvgIpc) is 2.52. The van der Waals surface area contributed by atoms with Crippen molar-refractivity contribution in [3.05, 3.63) is 66.0 Å². The lowest BCUT2D eigenvalue weighted by Gasteiger charge is -2.37. The first kappa shape index (κ1) is 18.0. The maximum Gasteiger partial charge on any atom is 0.214 e. The van der Waals surface area contributed by atoms with Gasteiger partial charge in [0.2, 0.25) is 10.0 Å². The Bertz CT molecular complexity index is 936. The number of benzene rings is 2. The Morgan fingerprint density at radius 1 is 0.920 bits per heavy atom. The quantitative estimate of drug-likeness (QED) is 0.714. The second kappa shape index (κ2) is 6.86. The first-order valence-corrected chi connectivity index (χ1v) is 11.0. The van der Waals surface area contributed by atoms with E-state index in [0.717, 1.165) is 17.7 Å². The van der Waals surface area contributed by atoms with Gasteiger partial charge in [-0.05, 0) is 36.2 Å². The van der Waals surface area contributed by atoms with Crippen LogP contribution in [0.15, 0.2) is 59.5 Å². The van der Waals surface area contributed by atoms with Crippen LogP contribution >= 0.6 is 0 Å². The topological polar surface area (TPSA) is 71.5 Å². The maximum atomic E-state index is 12.9. The first-order chi connectivity index (χ1) is 11.8. The number of hydrogen-bond acceptors (Lipinski definition) is 4. The normalized spacial score (nSPS) is 16.5. The van der Waals surface area contributed by atoms with E-state index in [9.17, 15) is 21.2 Å². The molecule has 2 aromatic carbocycles. The van der Waals surface area contributed by atoms with E-state index in [4.69, 9.17) is 0 Å². The minimum Gasteiger partial charge on any atom is -0.223 e. The second-order valence-corrected chi connectivity index (χ2v) is 10.3. The molecular formula is C17H18FNO4S2. The standard InChI is InChI=1S/C17H18FNO4S2/c18-15-6-8-16(9-7-15)25(22,23)17-12-19(13-17)24(20,21)11-10-14-4-2-1-3-5-14/h1-9,17H,10-13H2. The molecule has 0 aromatic heterocycles. The summed E-state index contributed by atoms with van der Waals surface area (Å²) in [7, 11) is -7.15. The molecule has 1 aliphatic rings. The molecule has 5 nitrogen and oxygen atoms in total. The van der Waals surface area contributed by atoms with Gasteiger partial charge in [-0.25, -0.2) is 21.2 Å². The van der Waals surface area contributed by atoms with Crippen LogP contribution in [0.25, 0.3) is 0 Å². The molecule has 0 atom stereocenters. The van der Waals surface area contributed by atoms with Crippen molar-refractivity contribution in [2.75, 3.05) is 18.8 Å². The van der Waals surface area contributed by atoms with E-state index in [1.54, 1.807) is 0 Å². The van der Waals surface area contributed by atoms with Gasteiger partial charge in [-0.1, -0.05) is 30.3 Å². The number of hydrogen-bond donors (Lipinski definition) is 0. The molecule has 8 heteroatoms. The first-order valence-electron chi connectivity index (χ1n) is 7.80. The molecule has 1 heterocycles. The zero-order valence-corrected chi connectivity index (χ0v) is 15.0. The molecule has 0 aliphatic carbocycles. The van der Waals surface area contributed by atoms with Crippen molar-refractivity contribution in [1.82, 2.24) is 4.31 Å². The summed E-state index contributed by atoms with van der Waals surface area (Å²) in [5.74, 6) is -0.571. The van der Waals surface area contributed by atoms with Crippen LogP contribution in [0.1, 0.15) is 5.56 Å². The Kier molecular flexibility index (Phi) is 4.95. The van der Waals surface area contributed by atoms with E-state index in [-0.39, 0.29) is 23.7 Å². The Balaban J connectivity index is 1.62. The maximum absolute atomic E-state index is 12.9. The SMILES string of the molecule is O=S(=O)(c1ccc(F)cc1)C1CN(S(=O)(=O)CCc2ccccc2)C1. The predicted molar refractivity (Wildman–Crippen MR) is 92.9 cm³/mol. The molecule has 1 saturated heterocycles. The predicted octanol–water partition coefficient (Wildman–Crippen LogP) is 1.86. The van der Waals surface area contributed by atoms with E-state index in [2.05, 4.69) is 0 Å². The molecule has 1 aliphatic heterocycles. The molecule has 25 heavy (non-hydrogen) atoms. The van der Waals surface area contributed by atoms with Gasteiger partial charge >= 0.3 is 0 Å². The van der Waals surface area contributed by atoms with E-state index in [1.807, 2.05) is 30.3 Å². The van der Waals surface area contributed by atoms with Gasteiger partial charge < -0.3 is 0 Å². The molecular weight excluding hydrogens is 365 g/mol.